The monoisotopic (exact) mass is 484 g/mol. The van der Waals surface area contributed by atoms with Crippen LogP contribution in [0.25, 0.3) is 10.9 Å². The summed E-state index contributed by atoms with van der Waals surface area (Å²) >= 11 is 6.09. The minimum absolute atomic E-state index is 0.196. The van der Waals surface area contributed by atoms with Gasteiger partial charge in [-0.2, -0.15) is 15.0 Å². The summed E-state index contributed by atoms with van der Waals surface area (Å²) < 4.78 is 0. The minimum Gasteiger partial charge on any atom is -0.396 e. The van der Waals surface area contributed by atoms with Gasteiger partial charge in [-0.1, -0.05) is 11.6 Å². The van der Waals surface area contributed by atoms with Gasteiger partial charge in [-0.3, -0.25) is 4.98 Å². The van der Waals surface area contributed by atoms with E-state index in [1.165, 1.54) is 6.42 Å². The van der Waals surface area contributed by atoms with E-state index in [4.69, 9.17) is 16.7 Å². The molecule has 1 aliphatic rings. The van der Waals surface area contributed by atoms with Crippen molar-refractivity contribution < 1.29 is 5.11 Å². The molecular formula is C24H33ClN8O. The van der Waals surface area contributed by atoms with Crippen LogP contribution >= 0.6 is 11.6 Å². The number of aliphatic hydroxyl groups excluding tert-OH is 1. The van der Waals surface area contributed by atoms with E-state index >= 15 is 0 Å². The van der Waals surface area contributed by atoms with Gasteiger partial charge in [-0.25, -0.2) is 0 Å². The average molecular weight is 485 g/mol. The van der Waals surface area contributed by atoms with Gasteiger partial charge in [0.1, 0.15) is 0 Å². The van der Waals surface area contributed by atoms with E-state index in [1.54, 1.807) is 6.20 Å². The maximum absolute atomic E-state index is 9.00. The normalized spacial score (nSPS) is 13.8. The van der Waals surface area contributed by atoms with E-state index in [0.29, 0.717) is 16.9 Å². The zero-order chi connectivity index (χ0) is 23.6. The molecule has 1 saturated heterocycles. The standard InChI is InChI=1S/C24H33ClN8O/c25-18-7-8-19-20(9-13-27-21(19)17-18)26-11-6-12-29-23-30-22(28-10-2-5-16-34)31-24(32-23)33-14-3-1-4-15-33/h7-9,13,17,34H,1-6,10-12,14-16H2,(H,26,27)(H2,28,29,30,31,32). The molecule has 0 bridgehead atoms. The number of aliphatic hydroxyl groups is 1. The number of benzene rings is 1. The first kappa shape index (κ1) is 24.2. The maximum atomic E-state index is 9.00. The highest BCUT2D eigenvalue weighted by atomic mass is 35.5. The number of unbranched alkanes of at least 4 members (excludes halogenated alkanes) is 1. The van der Waals surface area contributed by atoms with Gasteiger partial charge in [0.2, 0.25) is 17.8 Å². The summed E-state index contributed by atoms with van der Waals surface area (Å²) in [5.41, 5.74) is 1.92. The number of nitrogens with zero attached hydrogens (tertiary/aromatic N) is 5. The lowest BCUT2D eigenvalue weighted by molar-refractivity contribution is 0.286. The highest BCUT2D eigenvalue weighted by Crippen LogP contribution is 2.24. The minimum atomic E-state index is 0.196. The fourth-order valence-electron chi connectivity index (χ4n) is 3.98. The lowest BCUT2D eigenvalue weighted by Gasteiger charge is -2.27. The van der Waals surface area contributed by atoms with Gasteiger partial charge >= 0.3 is 0 Å². The zero-order valence-electron chi connectivity index (χ0n) is 19.4. The maximum Gasteiger partial charge on any atom is 0.231 e. The van der Waals surface area contributed by atoms with Crippen molar-refractivity contribution in [3.63, 3.8) is 0 Å². The number of halogens is 1. The Labute approximate surface area is 205 Å². The second-order valence-electron chi connectivity index (χ2n) is 8.41. The average Bonchev–Trinajstić information content (AvgIpc) is 2.87. The molecule has 0 amide bonds. The summed E-state index contributed by atoms with van der Waals surface area (Å²) in [6.45, 7) is 4.39. The number of aromatic nitrogens is 4. The second kappa shape index (κ2) is 12.5. The van der Waals surface area contributed by atoms with Crippen molar-refractivity contribution in [2.75, 3.05) is 60.2 Å². The SMILES string of the molecule is OCCCCNc1nc(NCCCNc2ccnc3cc(Cl)ccc23)nc(N2CCCCC2)n1. The van der Waals surface area contributed by atoms with Crippen LogP contribution < -0.4 is 20.9 Å². The molecule has 182 valence electrons. The molecule has 1 fully saturated rings. The molecule has 1 aromatic carbocycles. The lowest BCUT2D eigenvalue weighted by Crippen LogP contribution is -2.31. The molecule has 4 N–H and O–H groups in total. The second-order valence-corrected chi connectivity index (χ2v) is 8.85. The van der Waals surface area contributed by atoms with Crippen molar-refractivity contribution in [2.24, 2.45) is 0 Å². The van der Waals surface area contributed by atoms with Crippen molar-refractivity contribution >= 4 is 46.0 Å². The van der Waals surface area contributed by atoms with Crippen LogP contribution in [0.15, 0.2) is 30.5 Å². The Morgan fingerprint density at radius 3 is 2.35 bits per heavy atom. The molecule has 2 aromatic heterocycles. The number of pyridine rings is 1. The zero-order valence-corrected chi connectivity index (χ0v) is 20.2. The Balaban J connectivity index is 1.33. The van der Waals surface area contributed by atoms with Gasteiger partial charge in [-0.15, -0.1) is 0 Å². The summed E-state index contributed by atoms with van der Waals surface area (Å²) in [6, 6.07) is 7.73. The summed E-state index contributed by atoms with van der Waals surface area (Å²) in [7, 11) is 0. The molecule has 34 heavy (non-hydrogen) atoms. The first-order chi connectivity index (χ1) is 16.7. The topological polar surface area (TPSA) is 111 Å². The summed E-state index contributed by atoms with van der Waals surface area (Å²) in [5.74, 6) is 1.89. The molecule has 4 rings (SSSR count). The molecule has 0 radical (unpaired) electrons. The Morgan fingerprint density at radius 2 is 1.59 bits per heavy atom. The van der Waals surface area contributed by atoms with Gasteiger partial charge < -0.3 is 26.0 Å². The molecule has 3 heterocycles. The number of anilines is 4. The fourth-order valence-corrected chi connectivity index (χ4v) is 4.15. The highest BCUT2D eigenvalue weighted by Gasteiger charge is 2.16. The molecule has 0 atom stereocenters. The molecule has 10 heteroatoms. The molecule has 1 aliphatic heterocycles. The first-order valence-corrected chi connectivity index (χ1v) is 12.5. The summed E-state index contributed by atoms with van der Waals surface area (Å²) in [4.78, 5) is 20.5. The van der Waals surface area contributed by atoms with Crippen LogP contribution in [0.3, 0.4) is 0 Å². The van der Waals surface area contributed by atoms with Crippen molar-refractivity contribution in [1.29, 1.82) is 0 Å². The third-order valence-corrected chi connectivity index (χ3v) is 6.02. The Hall–Kier alpha value is -2.91. The molecule has 9 nitrogen and oxygen atoms in total. The van der Waals surface area contributed by atoms with Crippen molar-refractivity contribution in [2.45, 2.75) is 38.5 Å². The van der Waals surface area contributed by atoms with Crippen LogP contribution in [-0.2, 0) is 0 Å². The number of hydrogen-bond acceptors (Lipinski definition) is 9. The Bertz CT molecular complexity index is 1060. The van der Waals surface area contributed by atoms with Crippen LogP contribution in [0.5, 0.6) is 0 Å². The quantitative estimate of drug-likeness (QED) is 0.281. The highest BCUT2D eigenvalue weighted by molar-refractivity contribution is 6.31. The molecule has 0 unspecified atom stereocenters. The predicted octanol–water partition coefficient (Wildman–Crippen LogP) is 4.16. The third-order valence-electron chi connectivity index (χ3n) is 5.79. The van der Waals surface area contributed by atoms with Gasteiger partial charge in [0.15, 0.2) is 0 Å². The van der Waals surface area contributed by atoms with E-state index in [1.807, 2.05) is 24.3 Å². The fraction of sp³-hybridized carbons (Fsp3) is 0.500. The smallest absolute Gasteiger partial charge is 0.231 e. The third kappa shape index (κ3) is 6.80. The van der Waals surface area contributed by atoms with Gasteiger partial charge in [-0.05, 0) is 62.8 Å². The summed E-state index contributed by atoms with van der Waals surface area (Å²) in [6.07, 6.45) is 7.89. The van der Waals surface area contributed by atoms with Gasteiger partial charge in [0.05, 0.1) is 5.52 Å². The van der Waals surface area contributed by atoms with E-state index in [2.05, 4.69) is 40.8 Å². The number of hydrogen-bond donors (Lipinski definition) is 4. The van der Waals surface area contributed by atoms with E-state index in [0.717, 1.165) is 87.4 Å². The van der Waals surface area contributed by atoms with Crippen LogP contribution in [0, 0.1) is 0 Å². The largest absolute Gasteiger partial charge is 0.396 e. The van der Waals surface area contributed by atoms with Crippen molar-refractivity contribution in [3.8, 4) is 0 Å². The van der Waals surface area contributed by atoms with Gasteiger partial charge in [0, 0.05) is 61.6 Å². The molecule has 0 spiro atoms. The predicted molar refractivity (Wildman–Crippen MR) is 139 cm³/mol. The van der Waals surface area contributed by atoms with E-state index in [9.17, 15) is 0 Å². The van der Waals surface area contributed by atoms with E-state index in [-0.39, 0.29) is 6.61 Å². The molecule has 0 aliphatic carbocycles. The number of fused-ring (bicyclic) bond motifs is 1. The molecular weight excluding hydrogens is 452 g/mol. The molecule has 0 saturated carbocycles. The van der Waals surface area contributed by atoms with Crippen LogP contribution in [0.1, 0.15) is 38.5 Å². The Morgan fingerprint density at radius 1 is 0.853 bits per heavy atom. The lowest BCUT2D eigenvalue weighted by atomic mass is 10.1. The van der Waals surface area contributed by atoms with Crippen LogP contribution in [0.4, 0.5) is 23.5 Å². The van der Waals surface area contributed by atoms with Crippen LogP contribution in [-0.4, -0.2) is 64.4 Å². The van der Waals surface area contributed by atoms with Crippen LogP contribution in [0.2, 0.25) is 5.02 Å². The Kier molecular flexibility index (Phi) is 8.92. The van der Waals surface area contributed by atoms with Crippen molar-refractivity contribution in [1.82, 2.24) is 19.9 Å². The number of rotatable bonds is 12. The summed E-state index contributed by atoms with van der Waals surface area (Å²) in [5, 5.41) is 20.9. The van der Waals surface area contributed by atoms with Gasteiger partial charge in [0.25, 0.3) is 0 Å². The number of nitrogens with one attached hydrogen (secondary N) is 3. The molecule has 3 aromatic rings. The van der Waals surface area contributed by atoms with E-state index < -0.39 is 0 Å². The first-order valence-electron chi connectivity index (χ1n) is 12.1. The van der Waals surface area contributed by atoms with Crippen molar-refractivity contribution in [3.05, 3.63) is 35.5 Å². The number of piperidine rings is 1.